The molecule has 1 atom stereocenters. The first-order valence-electron chi connectivity index (χ1n) is 6.25. The van der Waals surface area contributed by atoms with Crippen LogP contribution in [0.1, 0.15) is 11.1 Å². The van der Waals surface area contributed by atoms with Gasteiger partial charge in [-0.15, -0.1) is 11.3 Å². The van der Waals surface area contributed by atoms with E-state index in [2.05, 4.69) is 20.9 Å². The number of para-hydroxylation sites is 2. The summed E-state index contributed by atoms with van der Waals surface area (Å²) in [6.07, 6.45) is 0. The molecular formula is C14H10BrN3O2S2. The van der Waals surface area contributed by atoms with E-state index >= 15 is 0 Å². The van der Waals surface area contributed by atoms with Crippen LogP contribution in [0, 0.1) is 11.3 Å². The molecule has 112 valence electrons. The molecule has 2 heterocycles. The highest BCUT2D eigenvalue weighted by Gasteiger charge is 2.34. The highest BCUT2D eigenvalue weighted by atomic mass is 79.9. The van der Waals surface area contributed by atoms with E-state index in [4.69, 9.17) is 0 Å². The number of halogens is 1. The Balaban J connectivity index is 2.19. The summed E-state index contributed by atoms with van der Waals surface area (Å²) in [4.78, 5) is 4.34. The van der Waals surface area contributed by atoms with Gasteiger partial charge in [-0.1, -0.05) is 12.1 Å². The summed E-state index contributed by atoms with van der Waals surface area (Å²) in [7, 11) is -2.09. The third-order valence-electron chi connectivity index (χ3n) is 3.31. The number of benzene rings is 1. The summed E-state index contributed by atoms with van der Waals surface area (Å²) >= 11 is 4.33. The summed E-state index contributed by atoms with van der Waals surface area (Å²) in [6.45, 7) is 0. The summed E-state index contributed by atoms with van der Waals surface area (Å²) < 4.78 is 27.9. The predicted molar refractivity (Wildman–Crippen MR) is 88.3 cm³/mol. The molecular weight excluding hydrogens is 386 g/mol. The number of sulfone groups is 1. The van der Waals surface area contributed by atoms with Gasteiger partial charge in [-0.3, -0.25) is 0 Å². The van der Waals surface area contributed by atoms with Crippen LogP contribution in [-0.4, -0.2) is 18.0 Å². The molecule has 5 nitrogen and oxygen atoms in total. The second kappa shape index (κ2) is 5.50. The number of aromatic nitrogens is 2. The highest BCUT2D eigenvalue weighted by Crippen LogP contribution is 2.34. The Kier molecular flexibility index (Phi) is 3.80. The van der Waals surface area contributed by atoms with Crippen LogP contribution < -0.4 is 0 Å². The third kappa shape index (κ3) is 2.35. The van der Waals surface area contributed by atoms with Crippen LogP contribution in [0.4, 0.5) is 0 Å². The smallest absolute Gasteiger partial charge is 0.211 e. The second-order valence-corrected chi connectivity index (χ2v) is 9.35. The van der Waals surface area contributed by atoms with Crippen molar-refractivity contribution in [2.45, 2.75) is 9.46 Å². The van der Waals surface area contributed by atoms with Crippen LogP contribution in [-0.2, 0) is 16.9 Å². The first kappa shape index (κ1) is 15.2. The zero-order chi connectivity index (χ0) is 15.9. The van der Waals surface area contributed by atoms with E-state index < -0.39 is 15.1 Å². The average Bonchev–Trinajstić information content (AvgIpc) is 3.06. The first-order valence-corrected chi connectivity index (χ1v) is 9.41. The molecule has 0 fully saturated rings. The van der Waals surface area contributed by atoms with E-state index in [0.717, 1.165) is 16.9 Å². The SMILES string of the molecule is Cn1c(C(C#N)S(=O)(=O)c2ccc(Br)s2)nc2ccccc21. The number of aryl methyl sites for hydroxylation is 1. The molecule has 8 heteroatoms. The molecule has 0 amide bonds. The largest absolute Gasteiger partial charge is 0.329 e. The lowest BCUT2D eigenvalue weighted by Crippen LogP contribution is -2.15. The molecule has 0 aliphatic carbocycles. The van der Waals surface area contributed by atoms with Crippen molar-refractivity contribution in [1.29, 1.82) is 5.26 Å². The molecule has 3 rings (SSSR count). The van der Waals surface area contributed by atoms with Crippen molar-refractivity contribution >= 4 is 48.1 Å². The van der Waals surface area contributed by atoms with Gasteiger partial charge in [0, 0.05) is 7.05 Å². The Labute approximate surface area is 139 Å². The number of fused-ring (bicyclic) bond motifs is 1. The lowest BCUT2D eigenvalue weighted by atomic mass is 10.3. The van der Waals surface area contributed by atoms with E-state index in [1.165, 1.54) is 6.07 Å². The maximum atomic E-state index is 12.7. The van der Waals surface area contributed by atoms with Gasteiger partial charge in [0.15, 0.2) is 0 Å². The maximum absolute atomic E-state index is 12.7. The molecule has 0 bridgehead atoms. The Morgan fingerprint density at radius 3 is 2.64 bits per heavy atom. The van der Waals surface area contributed by atoms with Crippen LogP contribution >= 0.6 is 27.3 Å². The number of hydrogen-bond donors (Lipinski definition) is 0. The van der Waals surface area contributed by atoms with Crippen LogP contribution in [0.2, 0.25) is 0 Å². The van der Waals surface area contributed by atoms with Crippen molar-refractivity contribution < 1.29 is 8.42 Å². The summed E-state index contributed by atoms with van der Waals surface area (Å²) in [6, 6.07) is 12.3. The zero-order valence-electron chi connectivity index (χ0n) is 11.4. The van der Waals surface area contributed by atoms with Gasteiger partial charge in [0.2, 0.25) is 15.1 Å². The number of nitriles is 1. The van der Waals surface area contributed by atoms with E-state index in [1.54, 1.807) is 23.7 Å². The second-order valence-electron chi connectivity index (χ2n) is 4.63. The Hall–Kier alpha value is -1.69. The minimum Gasteiger partial charge on any atom is -0.329 e. The molecule has 0 aliphatic rings. The van der Waals surface area contributed by atoms with Crippen LogP contribution in [0.15, 0.2) is 44.4 Å². The topological polar surface area (TPSA) is 75.8 Å². The van der Waals surface area contributed by atoms with Crippen LogP contribution in [0.25, 0.3) is 11.0 Å². The quantitative estimate of drug-likeness (QED) is 0.680. The van der Waals surface area contributed by atoms with Gasteiger partial charge in [0.25, 0.3) is 0 Å². The highest BCUT2D eigenvalue weighted by molar-refractivity contribution is 9.11. The van der Waals surface area contributed by atoms with E-state index in [-0.39, 0.29) is 10.0 Å². The number of hydrogen-bond acceptors (Lipinski definition) is 5. The Morgan fingerprint density at radius 2 is 2.05 bits per heavy atom. The van der Waals surface area contributed by atoms with E-state index in [9.17, 15) is 13.7 Å². The minimum atomic E-state index is -3.81. The fraction of sp³-hybridized carbons (Fsp3) is 0.143. The van der Waals surface area contributed by atoms with Gasteiger partial charge in [0.1, 0.15) is 10.0 Å². The van der Waals surface area contributed by atoms with E-state index in [1.807, 2.05) is 24.3 Å². The van der Waals surface area contributed by atoms with Gasteiger partial charge < -0.3 is 4.57 Å². The van der Waals surface area contributed by atoms with Crippen LogP contribution in [0.5, 0.6) is 0 Å². The lowest BCUT2D eigenvalue weighted by Gasteiger charge is -2.09. The van der Waals surface area contributed by atoms with Crippen molar-refractivity contribution in [2.75, 3.05) is 0 Å². The molecule has 0 spiro atoms. The molecule has 0 radical (unpaired) electrons. The molecule has 1 unspecified atom stereocenters. The minimum absolute atomic E-state index is 0.151. The van der Waals surface area contributed by atoms with Gasteiger partial charge >= 0.3 is 0 Å². The summed E-state index contributed by atoms with van der Waals surface area (Å²) in [5, 5.41) is 8.11. The zero-order valence-corrected chi connectivity index (χ0v) is 14.6. The monoisotopic (exact) mass is 395 g/mol. The number of nitrogens with zero attached hydrogens (tertiary/aromatic N) is 3. The van der Waals surface area contributed by atoms with Crippen molar-refractivity contribution in [1.82, 2.24) is 9.55 Å². The van der Waals surface area contributed by atoms with Gasteiger partial charge in [-0.25, -0.2) is 13.4 Å². The average molecular weight is 396 g/mol. The molecule has 0 saturated heterocycles. The molecule has 2 aromatic heterocycles. The van der Waals surface area contributed by atoms with Crippen molar-refractivity contribution in [3.8, 4) is 6.07 Å². The molecule has 1 aromatic carbocycles. The fourth-order valence-electron chi connectivity index (χ4n) is 2.23. The number of imidazole rings is 1. The number of rotatable bonds is 3. The summed E-state index contributed by atoms with van der Waals surface area (Å²) in [5.74, 6) is 0.230. The Morgan fingerprint density at radius 1 is 1.32 bits per heavy atom. The standard InChI is InChI=1S/C14H10BrN3O2S2/c1-18-10-5-3-2-4-9(10)17-14(18)11(8-16)22(19,20)13-7-6-12(15)21-13/h2-7,11H,1H3. The molecule has 0 N–H and O–H groups in total. The van der Waals surface area contributed by atoms with Gasteiger partial charge in [-0.05, 0) is 40.2 Å². The molecule has 3 aromatic rings. The van der Waals surface area contributed by atoms with E-state index in [0.29, 0.717) is 9.30 Å². The fourth-order valence-corrected chi connectivity index (χ4v) is 5.81. The number of thiophene rings is 1. The molecule has 0 aliphatic heterocycles. The first-order chi connectivity index (χ1) is 10.4. The maximum Gasteiger partial charge on any atom is 0.211 e. The predicted octanol–water partition coefficient (Wildman–Crippen LogP) is 3.44. The van der Waals surface area contributed by atoms with Crippen molar-refractivity contribution in [3.05, 3.63) is 46.0 Å². The Bertz CT molecular complexity index is 999. The normalized spacial score (nSPS) is 13.1. The van der Waals surface area contributed by atoms with Crippen molar-refractivity contribution in [3.63, 3.8) is 0 Å². The molecule has 22 heavy (non-hydrogen) atoms. The van der Waals surface area contributed by atoms with Crippen molar-refractivity contribution in [2.24, 2.45) is 7.05 Å². The third-order valence-corrected chi connectivity index (χ3v) is 7.31. The van der Waals surface area contributed by atoms with Gasteiger partial charge in [0.05, 0.1) is 20.9 Å². The lowest BCUT2D eigenvalue weighted by molar-refractivity contribution is 0.589. The summed E-state index contributed by atoms with van der Waals surface area (Å²) in [5.41, 5.74) is 1.46. The van der Waals surface area contributed by atoms with Gasteiger partial charge in [-0.2, -0.15) is 5.26 Å². The molecule has 0 saturated carbocycles. The van der Waals surface area contributed by atoms with Crippen LogP contribution in [0.3, 0.4) is 0 Å².